The Morgan fingerprint density at radius 1 is 1.38 bits per heavy atom. The van der Waals surface area contributed by atoms with Gasteiger partial charge in [0.05, 0.1) is 0 Å². The molecule has 1 aliphatic rings. The molecule has 1 atom stereocenters. The smallest absolute Gasteiger partial charge is 0.321 e. The molecule has 0 saturated carbocycles. The molecule has 4 heteroatoms. The molecule has 0 aromatic heterocycles. The minimum Gasteiger partial charge on any atom is -0.326 e. The van der Waals surface area contributed by atoms with Gasteiger partial charge >= 0.3 is 6.03 Å². The van der Waals surface area contributed by atoms with Crippen LogP contribution in [0.1, 0.15) is 44.6 Å². The highest BCUT2D eigenvalue weighted by molar-refractivity contribution is 5.89. The molecular formula is C17H27N3O. The van der Waals surface area contributed by atoms with Gasteiger partial charge in [0.2, 0.25) is 0 Å². The van der Waals surface area contributed by atoms with Crippen LogP contribution in [0.5, 0.6) is 0 Å². The molecule has 1 aromatic rings. The van der Waals surface area contributed by atoms with Gasteiger partial charge in [-0.1, -0.05) is 31.9 Å². The SMILES string of the molecule is CCCC1CCCN(C(=O)Nc2cccc(CN)c2)CC1. The summed E-state index contributed by atoms with van der Waals surface area (Å²) in [6.07, 6.45) is 6.02. The number of carbonyl (C=O) groups excluding carboxylic acids is 1. The molecule has 0 bridgehead atoms. The molecule has 0 spiro atoms. The van der Waals surface area contributed by atoms with Crippen LogP contribution in [0.3, 0.4) is 0 Å². The number of nitrogens with zero attached hydrogens (tertiary/aromatic N) is 1. The molecule has 1 unspecified atom stereocenters. The van der Waals surface area contributed by atoms with E-state index in [1.807, 2.05) is 29.2 Å². The van der Waals surface area contributed by atoms with Crippen LogP contribution in [0.25, 0.3) is 0 Å². The van der Waals surface area contributed by atoms with Gasteiger partial charge in [0.1, 0.15) is 0 Å². The summed E-state index contributed by atoms with van der Waals surface area (Å²) in [5.74, 6) is 0.786. The van der Waals surface area contributed by atoms with Crippen molar-refractivity contribution < 1.29 is 4.79 Å². The van der Waals surface area contributed by atoms with Gasteiger partial charge in [-0.15, -0.1) is 0 Å². The molecule has 116 valence electrons. The molecule has 2 amide bonds. The molecular weight excluding hydrogens is 262 g/mol. The van der Waals surface area contributed by atoms with E-state index in [9.17, 15) is 4.79 Å². The van der Waals surface area contributed by atoms with E-state index >= 15 is 0 Å². The third-order valence-corrected chi connectivity index (χ3v) is 4.25. The zero-order valence-corrected chi connectivity index (χ0v) is 13.0. The van der Waals surface area contributed by atoms with Crippen molar-refractivity contribution in [2.24, 2.45) is 11.7 Å². The average molecular weight is 289 g/mol. The van der Waals surface area contributed by atoms with E-state index in [1.54, 1.807) is 0 Å². The maximum atomic E-state index is 12.4. The van der Waals surface area contributed by atoms with E-state index in [4.69, 9.17) is 5.73 Å². The number of anilines is 1. The summed E-state index contributed by atoms with van der Waals surface area (Å²) in [6, 6.07) is 7.76. The Labute approximate surface area is 127 Å². The molecule has 0 aliphatic carbocycles. The van der Waals surface area contributed by atoms with Crippen molar-refractivity contribution >= 4 is 11.7 Å². The predicted molar refractivity (Wildman–Crippen MR) is 87.2 cm³/mol. The van der Waals surface area contributed by atoms with Gasteiger partial charge in [-0.05, 0) is 42.9 Å². The summed E-state index contributed by atoms with van der Waals surface area (Å²) in [6.45, 7) is 4.46. The Hall–Kier alpha value is -1.55. The van der Waals surface area contributed by atoms with Crippen molar-refractivity contribution in [3.05, 3.63) is 29.8 Å². The topological polar surface area (TPSA) is 58.4 Å². The van der Waals surface area contributed by atoms with Crippen LogP contribution in [0.2, 0.25) is 0 Å². The van der Waals surface area contributed by atoms with E-state index in [2.05, 4.69) is 12.2 Å². The third kappa shape index (κ3) is 4.74. The van der Waals surface area contributed by atoms with Crippen LogP contribution in [-0.4, -0.2) is 24.0 Å². The van der Waals surface area contributed by atoms with Gasteiger partial charge in [-0.25, -0.2) is 4.79 Å². The number of nitrogens with one attached hydrogen (secondary N) is 1. The second-order valence-electron chi connectivity index (χ2n) is 5.91. The Balaban J connectivity index is 1.90. The van der Waals surface area contributed by atoms with Crippen LogP contribution in [0.15, 0.2) is 24.3 Å². The molecule has 2 rings (SSSR count). The molecule has 4 nitrogen and oxygen atoms in total. The Bertz CT molecular complexity index is 461. The Morgan fingerprint density at radius 3 is 3.00 bits per heavy atom. The van der Waals surface area contributed by atoms with Gasteiger partial charge in [-0.2, -0.15) is 0 Å². The molecule has 21 heavy (non-hydrogen) atoms. The lowest BCUT2D eigenvalue weighted by Crippen LogP contribution is -2.35. The fraction of sp³-hybridized carbons (Fsp3) is 0.588. The summed E-state index contributed by atoms with van der Waals surface area (Å²) in [5.41, 5.74) is 7.50. The Kier molecular flexibility index (Phi) is 6.05. The molecule has 1 aliphatic heterocycles. The summed E-state index contributed by atoms with van der Waals surface area (Å²) in [7, 11) is 0. The van der Waals surface area contributed by atoms with Crippen molar-refractivity contribution in [1.29, 1.82) is 0 Å². The normalized spacial score (nSPS) is 19.1. The maximum absolute atomic E-state index is 12.4. The number of likely N-dealkylation sites (tertiary alicyclic amines) is 1. The van der Waals surface area contributed by atoms with Crippen molar-refractivity contribution in [3.8, 4) is 0 Å². The Morgan fingerprint density at radius 2 is 2.24 bits per heavy atom. The highest BCUT2D eigenvalue weighted by Gasteiger charge is 2.20. The zero-order chi connectivity index (χ0) is 15.1. The third-order valence-electron chi connectivity index (χ3n) is 4.25. The molecule has 0 radical (unpaired) electrons. The number of amides is 2. The standard InChI is InChI=1S/C17H27N3O/c1-2-5-14-7-4-10-20(11-9-14)17(21)19-16-8-3-6-15(12-16)13-18/h3,6,8,12,14H,2,4-5,7,9-11,13,18H2,1H3,(H,19,21). The predicted octanol–water partition coefficient (Wildman–Crippen LogP) is 3.58. The number of carbonyl (C=O) groups is 1. The lowest BCUT2D eigenvalue weighted by Gasteiger charge is -2.21. The van der Waals surface area contributed by atoms with Crippen molar-refractivity contribution in [2.75, 3.05) is 18.4 Å². The summed E-state index contributed by atoms with van der Waals surface area (Å²) >= 11 is 0. The quantitative estimate of drug-likeness (QED) is 0.890. The van der Waals surface area contributed by atoms with Gasteiger partial charge < -0.3 is 16.0 Å². The average Bonchev–Trinajstić information content (AvgIpc) is 2.73. The molecule has 3 N–H and O–H groups in total. The zero-order valence-electron chi connectivity index (χ0n) is 13.0. The first-order chi connectivity index (χ1) is 10.2. The number of benzene rings is 1. The van der Waals surface area contributed by atoms with Crippen LogP contribution in [0.4, 0.5) is 10.5 Å². The first-order valence-corrected chi connectivity index (χ1v) is 8.08. The lowest BCUT2D eigenvalue weighted by molar-refractivity contribution is 0.213. The van der Waals surface area contributed by atoms with Crippen molar-refractivity contribution in [2.45, 2.75) is 45.6 Å². The van der Waals surface area contributed by atoms with Gasteiger partial charge in [0, 0.05) is 25.3 Å². The van der Waals surface area contributed by atoms with Crippen molar-refractivity contribution in [1.82, 2.24) is 4.90 Å². The highest BCUT2D eigenvalue weighted by atomic mass is 16.2. The van der Waals surface area contributed by atoms with Gasteiger partial charge in [0.15, 0.2) is 0 Å². The van der Waals surface area contributed by atoms with Gasteiger partial charge in [0.25, 0.3) is 0 Å². The largest absolute Gasteiger partial charge is 0.326 e. The van der Waals surface area contributed by atoms with E-state index < -0.39 is 0 Å². The first kappa shape index (κ1) is 15.8. The summed E-state index contributed by atoms with van der Waals surface area (Å²) in [4.78, 5) is 14.3. The van der Waals surface area contributed by atoms with Crippen molar-refractivity contribution in [3.63, 3.8) is 0 Å². The van der Waals surface area contributed by atoms with E-state index in [-0.39, 0.29) is 6.03 Å². The number of hydrogen-bond donors (Lipinski definition) is 2. The van der Waals surface area contributed by atoms with E-state index in [0.29, 0.717) is 6.54 Å². The second kappa shape index (κ2) is 8.03. The van der Waals surface area contributed by atoms with Crippen LogP contribution >= 0.6 is 0 Å². The lowest BCUT2D eigenvalue weighted by atomic mass is 9.96. The molecule has 1 saturated heterocycles. The summed E-state index contributed by atoms with van der Waals surface area (Å²) in [5, 5.41) is 2.99. The first-order valence-electron chi connectivity index (χ1n) is 8.08. The number of rotatable bonds is 4. The van der Waals surface area contributed by atoms with E-state index in [1.165, 1.54) is 19.3 Å². The summed E-state index contributed by atoms with van der Waals surface area (Å²) < 4.78 is 0. The van der Waals surface area contributed by atoms with Crippen LogP contribution in [0, 0.1) is 5.92 Å². The maximum Gasteiger partial charge on any atom is 0.321 e. The molecule has 1 heterocycles. The van der Waals surface area contributed by atoms with Crippen LogP contribution in [-0.2, 0) is 6.54 Å². The van der Waals surface area contributed by atoms with E-state index in [0.717, 1.165) is 43.1 Å². The molecule has 1 fully saturated rings. The second-order valence-corrected chi connectivity index (χ2v) is 5.91. The number of urea groups is 1. The number of hydrogen-bond acceptors (Lipinski definition) is 2. The molecule has 1 aromatic carbocycles. The fourth-order valence-electron chi connectivity index (χ4n) is 3.04. The minimum absolute atomic E-state index is 0.0151. The van der Waals surface area contributed by atoms with Gasteiger partial charge in [-0.3, -0.25) is 0 Å². The van der Waals surface area contributed by atoms with Crippen LogP contribution < -0.4 is 11.1 Å². The number of nitrogens with two attached hydrogens (primary N) is 1. The minimum atomic E-state index is 0.0151. The fourth-order valence-corrected chi connectivity index (χ4v) is 3.04. The monoisotopic (exact) mass is 289 g/mol. The highest BCUT2D eigenvalue weighted by Crippen LogP contribution is 2.22.